The zero-order chi connectivity index (χ0) is 12.0. The molecule has 5 heteroatoms. The van der Waals surface area contributed by atoms with Crippen LogP contribution in [-0.4, -0.2) is 11.8 Å². The van der Waals surface area contributed by atoms with Crippen molar-refractivity contribution in [3.8, 4) is 0 Å². The summed E-state index contributed by atoms with van der Waals surface area (Å²) in [6.07, 6.45) is 2.18. The van der Waals surface area contributed by atoms with Gasteiger partial charge < -0.3 is 5.32 Å². The Bertz CT molecular complexity index is 351. The number of carbonyl (C=O) groups is 1. The van der Waals surface area contributed by atoms with E-state index in [-0.39, 0.29) is 5.91 Å². The fourth-order valence-electron chi connectivity index (χ4n) is 1.20. The highest BCUT2D eigenvalue weighted by atomic mass is 79.9. The molecule has 2 nitrogen and oxygen atoms in total. The number of benzene rings is 1. The first kappa shape index (κ1) is 14.0. The first-order chi connectivity index (χ1) is 7.65. The Morgan fingerprint density at radius 3 is 2.44 bits per heavy atom. The molecule has 0 radical (unpaired) electrons. The van der Waals surface area contributed by atoms with Gasteiger partial charge >= 0.3 is 0 Å². The molecule has 0 bridgehead atoms. The fraction of sp³-hybridized carbons (Fsp3) is 0.364. The van der Waals surface area contributed by atoms with E-state index in [1.54, 1.807) is 0 Å². The largest absolute Gasteiger partial charge is 0.324 e. The molecular weight excluding hydrogens is 357 g/mol. The van der Waals surface area contributed by atoms with Gasteiger partial charge in [-0.05, 0) is 56.8 Å². The number of alkyl halides is 1. The number of halogens is 3. The van der Waals surface area contributed by atoms with Crippen LogP contribution in [0.3, 0.4) is 0 Å². The summed E-state index contributed by atoms with van der Waals surface area (Å²) in [6, 6.07) is 5.68. The number of para-hydroxylation sites is 1. The molecule has 16 heavy (non-hydrogen) atoms. The highest BCUT2D eigenvalue weighted by Crippen LogP contribution is 2.30. The highest BCUT2D eigenvalue weighted by molar-refractivity contribution is 9.11. The van der Waals surface area contributed by atoms with E-state index in [2.05, 4.69) is 37.2 Å². The number of unbranched alkanes of at least 4 members (excludes halogenated alkanes) is 1. The Labute approximate surface area is 117 Å². The molecule has 0 aliphatic heterocycles. The lowest BCUT2D eigenvalue weighted by molar-refractivity contribution is -0.116. The average molecular weight is 369 g/mol. The zero-order valence-electron chi connectivity index (χ0n) is 8.60. The van der Waals surface area contributed by atoms with Crippen molar-refractivity contribution >= 4 is 55.1 Å². The van der Waals surface area contributed by atoms with Gasteiger partial charge in [0.05, 0.1) is 5.69 Å². The molecule has 0 saturated heterocycles. The fourth-order valence-corrected chi connectivity index (χ4v) is 2.58. The topological polar surface area (TPSA) is 29.1 Å². The zero-order valence-corrected chi connectivity index (χ0v) is 12.5. The normalized spacial score (nSPS) is 10.2. The second kappa shape index (κ2) is 7.30. The Kier molecular flexibility index (Phi) is 6.39. The van der Waals surface area contributed by atoms with Crippen LogP contribution >= 0.6 is 43.5 Å². The summed E-state index contributed by atoms with van der Waals surface area (Å²) in [5.74, 6) is 0.615. The van der Waals surface area contributed by atoms with Crippen LogP contribution in [0.5, 0.6) is 0 Å². The van der Waals surface area contributed by atoms with Crippen molar-refractivity contribution < 1.29 is 4.79 Å². The number of hydrogen-bond donors (Lipinski definition) is 1. The maximum atomic E-state index is 11.6. The number of nitrogens with one attached hydrogen (secondary N) is 1. The van der Waals surface area contributed by atoms with Gasteiger partial charge in [0.2, 0.25) is 5.91 Å². The number of amides is 1. The van der Waals surface area contributed by atoms with E-state index in [0.29, 0.717) is 12.3 Å². The minimum Gasteiger partial charge on any atom is -0.324 e. The van der Waals surface area contributed by atoms with Crippen LogP contribution in [0.15, 0.2) is 27.1 Å². The molecule has 0 heterocycles. The summed E-state index contributed by atoms with van der Waals surface area (Å²) in [5, 5.41) is 2.86. The molecule has 1 aromatic rings. The van der Waals surface area contributed by atoms with Crippen molar-refractivity contribution in [2.24, 2.45) is 0 Å². The Hall–Kier alpha value is -0.0600. The van der Waals surface area contributed by atoms with Gasteiger partial charge in [-0.15, -0.1) is 11.6 Å². The molecule has 0 saturated carbocycles. The molecule has 0 fully saturated rings. The van der Waals surface area contributed by atoms with E-state index in [1.165, 1.54) is 0 Å². The van der Waals surface area contributed by atoms with Crippen LogP contribution in [0.4, 0.5) is 5.69 Å². The van der Waals surface area contributed by atoms with E-state index < -0.39 is 0 Å². The van der Waals surface area contributed by atoms with Crippen molar-refractivity contribution in [3.63, 3.8) is 0 Å². The second-order valence-electron chi connectivity index (χ2n) is 3.29. The molecule has 0 aliphatic rings. The van der Waals surface area contributed by atoms with Crippen LogP contribution in [-0.2, 0) is 4.79 Å². The number of carbonyl (C=O) groups excluding carboxylic acids is 1. The van der Waals surface area contributed by atoms with Crippen molar-refractivity contribution in [1.29, 1.82) is 0 Å². The molecule has 0 atom stereocenters. The highest BCUT2D eigenvalue weighted by Gasteiger charge is 2.08. The van der Waals surface area contributed by atoms with E-state index in [1.807, 2.05) is 18.2 Å². The summed E-state index contributed by atoms with van der Waals surface area (Å²) < 4.78 is 1.74. The van der Waals surface area contributed by atoms with E-state index >= 15 is 0 Å². The molecular formula is C11H12Br2ClNO. The summed E-state index contributed by atoms with van der Waals surface area (Å²) in [7, 11) is 0. The molecule has 0 aromatic heterocycles. The Morgan fingerprint density at radius 1 is 1.25 bits per heavy atom. The quantitative estimate of drug-likeness (QED) is 0.598. The van der Waals surface area contributed by atoms with Gasteiger partial charge in [0.1, 0.15) is 0 Å². The van der Waals surface area contributed by atoms with E-state index in [4.69, 9.17) is 11.6 Å². The van der Waals surface area contributed by atoms with Gasteiger partial charge in [-0.2, -0.15) is 0 Å². The summed E-state index contributed by atoms with van der Waals surface area (Å²) in [4.78, 5) is 11.6. The summed E-state index contributed by atoms with van der Waals surface area (Å²) >= 11 is 12.3. The lowest BCUT2D eigenvalue weighted by Gasteiger charge is -2.09. The predicted octanol–water partition coefficient (Wildman–Crippen LogP) is 4.56. The second-order valence-corrected chi connectivity index (χ2v) is 5.38. The molecule has 1 amide bonds. The summed E-state index contributed by atoms with van der Waals surface area (Å²) in [5.41, 5.74) is 0.776. The SMILES string of the molecule is O=C(CCCCCl)Nc1c(Br)cccc1Br. The smallest absolute Gasteiger partial charge is 0.224 e. The lowest BCUT2D eigenvalue weighted by atomic mass is 10.2. The molecule has 0 aliphatic carbocycles. The monoisotopic (exact) mass is 367 g/mol. The maximum Gasteiger partial charge on any atom is 0.224 e. The van der Waals surface area contributed by atoms with E-state index in [9.17, 15) is 4.79 Å². The third-order valence-electron chi connectivity index (χ3n) is 2.01. The van der Waals surface area contributed by atoms with Gasteiger partial charge in [0.25, 0.3) is 0 Å². The average Bonchev–Trinajstić information content (AvgIpc) is 2.24. The molecule has 1 rings (SSSR count). The van der Waals surface area contributed by atoms with Crippen molar-refractivity contribution in [2.45, 2.75) is 19.3 Å². The third-order valence-corrected chi connectivity index (χ3v) is 3.60. The van der Waals surface area contributed by atoms with Crippen molar-refractivity contribution in [3.05, 3.63) is 27.1 Å². The molecule has 88 valence electrons. The van der Waals surface area contributed by atoms with Crippen LogP contribution in [0, 0.1) is 0 Å². The maximum absolute atomic E-state index is 11.6. The number of rotatable bonds is 5. The van der Waals surface area contributed by atoms with E-state index in [0.717, 1.165) is 27.5 Å². The first-order valence-corrected chi connectivity index (χ1v) is 7.07. The van der Waals surface area contributed by atoms with Crippen LogP contribution in [0.25, 0.3) is 0 Å². The Morgan fingerprint density at radius 2 is 1.88 bits per heavy atom. The molecule has 1 N–H and O–H groups in total. The van der Waals surface area contributed by atoms with Gasteiger partial charge in [-0.25, -0.2) is 0 Å². The number of anilines is 1. The standard InChI is InChI=1S/C11H12Br2ClNO/c12-8-4-3-5-9(13)11(8)15-10(16)6-1-2-7-14/h3-5H,1-2,6-7H2,(H,15,16). The van der Waals surface area contributed by atoms with Gasteiger partial charge in [-0.3, -0.25) is 4.79 Å². The van der Waals surface area contributed by atoms with Gasteiger partial charge in [0, 0.05) is 21.2 Å². The third kappa shape index (κ3) is 4.44. The molecule has 0 spiro atoms. The van der Waals surface area contributed by atoms with Crippen molar-refractivity contribution in [2.75, 3.05) is 11.2 Å². The molecule has 1 aromatic carbocycles. The van der Waals surface area contributed by atoms with Crippen molar-refractivity contribution in [1.82, 2.24) is 0 Å². The number of hydrogen-bond acceptors (Lipinski definition) is 1. The first-order valence-electron chi connectivity index (χ1n) is 4.95. The van der Waals surface area contributed by atoms with Gasteiger partial charge in [0.15, 0.2) is 0 Å². The van der Waals surface area contributed by atoms with Crippen LogP contribution < -0.4 is 5.32 Å². The molecule has 0 unspecified atom stereocenters. The predicted molar refractivity (Wildman–Crippen MR) is 75.0 cm³/mol. The van der Waals surface area contributed by atoms with Crippen LogP contribution in [0.2, 0.25) is 0 Å². The lowest BCUT2D eigenvalue weighted by Crippen LogP contribution is -2.12. The minimum atomic E-state index is 0.0118. The Balaban J connectivity index is 2.56. The summed E-state index contributed by atoms with van der Waals surface area (Å²) in [6.45, 7) is 0. The van der Waals surface area contributed by atoms with Crippen LogP contribution in [0.1, 0.15) is 19.3 Å². The van der Waals surface area contributed by atoms with Gasteiger partial charge in [-0.1, -0.05) is 6.07 Å². The minimum absolute atomic E-state index is 0.0118.